The summed E-state index contributed by atoms with van der Waals surface area (Å²) in [6, 6.07) is 9.22. The lowest BCUT2D eigenvalue weighted by molar-refractivity contribution is -0.138. The summed E-state index contributed by atoms with van der Waals surface area (Å²) in [5.74, 6) is -0.509. The molecule has 0 aliphatic heterocycles. The summed E-state index contributed by atoms with van der Waals surface area (Å²) < 4.78 is 38.7. The Bertz CT molecular complexity index is 782. The van der Waals surface area contributed by atoms with Gasteiger partial charge in [0.2, 0.25) is 5.91 Å². The largest absolute Gasteiger partial charge is 0.417 e. The first-order valence-corrected chi connectivity index (χ1v) is 7.36. The van der Waals surface area contributed by atoms with E-state index < -0.39 is 29.8 Å². The number of aryl methyl sites for hydroxylation is 1. The lowest BCUT2D eigenvalue weighted by Crippen LogP contribution is -2.33. The Balaban J connectivity index is 1.95. The summed E-state index contributed by atoms with van der Waals surface area (Å²) in [6.07, 6.45) is -3.30. The van der Waals surface area contributed by atoms with Gasteiger partial charge in [-0.15, -0.1) is 0 Å². The van der Waals surface area contributed by atoms with Crippen LogP contribution in [0, 0.1) is 6.92 Å². The number of hydrogen-bond donors (Lipinski definition) is 1. The quantitative estimate of drug-likeness (QED) is 0.911. The first-order chi connectivity index (χ1) is 11.3. The van der Waals surface area contributed by atoms with Crippen LogP contribution in [-0.4, -0.2) is 17.0 Å². The molecule has 0 bridgehead atoms. The first kappa shape index (κ1) is 17.8. The topological polar surface area (TPSA) is 51.1 Å². The molecule has 1 amide bonds. The fraction of sp³-hybridized carbons (Fsp3) is 0.294. The van der Waals surface area contributed by atoms with E-state index >= 15 is 0 Å². The van der Waals surface area contributed by atoms with Gasteiger partial charge in [-0.3, -0.25) is 9.59 Å². The zero-order valence-corrected chi connectivity index (χ0v) is 13.1. The fourth-order valence-corrected chi connectivity index (χ4v) is 2.26. The molecule has 4 nitrogen and oxygen atoms in total. The molecule has 0 fully saturated rings. The third-order valence-corrected chi connectivity index (χ3v) is 3.60. The molecule has 0 aliphatic carbocycles. The summed E-state index contributed by atoms with van der Waals surface area (Å²) in [6.45, 7) is 1.85. The van der Waals surface area contributed by atoms with Gasteiger partial charge in [-0.1, -0.05) is 24.3 Å². The number of nitrogens with one attached hydrogen (secondary N) is 1. The van der Waals surface area contributed by atoms with Crippen molar-refractivity contribution in [3.63, 3.8) is 0 Å². The maximum atomic E-state index is 12.6. The number of carbonyl (C=O) groups is 1. The molecule has 1 aromatic carbocycles. The molecule has 0 saturated heterocycles. The van der Waals surface area contributed by atoms with Gasteiger partial charge in [-0.25, -0.2) is 0 Å². The van der Waals surface area contributed by atoms with Crippen LogP contribution in [0.5, 0.6) is 0 Å². The molecule has 128 valence electrons. The van der Waals surface area contributed by atoms with E-state index in [2.05, 4.69) is 5.32 Å². The van der Waals surface area contributed by atoms with Crippen LogP contribution in [0.15, 0.2) is 47.4 Å². The maximum absolute atomic E-state index is 12.6. The second-order valence-corrected chi connectivity index (χ2v) is 5.41. The maximum Gasteiger partial charge on any atom is 0.417 e. The van der Waals surface area contributed by atoms with Crippen LogP contribution < -0.4 is 10.9 Å². The van der Waals surface area contributed by atoms with E-state index in [1.54, 1.807) is 0 Å². The molecule has 2 aromatic rings. The van der Waals surface area contributed by atoms with Crippen molar-refractivity contribution in [2.45, 2.75) is 26.1 Å². The van der Waals surface area contributed by atoms with Crippen molar-refractivity contribution in [2.75, 3.05) is 6.54 Å². The van der Waals surface area contributed by atoms with Crippen molar-refractivity contribution >= 4 is 5.91 Å². The second kappa shape index (κ2) is 7.33. The summed E-state index contributed by atoms with van der Waals surface area (Å²) in [5.41, 5.74) is 0.557. The highest BCUT2D eigenvalue weighted by Crippen LogP contribution is 2.27. The molecule has 0 saturated carbocycles. The molecule has 1 N–H and O–H groups in total. The van der Waals surface area contributed by atoms with E-state index in [9.17, 15) is 22.8 Å². The standard InChI is InChI=1S/C17H17F3N2O2/c1-12-4-2-3-5-13(12)8-9-21-15(23)11-22-10-14(17(18,19)20)6-7-16(22)24/h2-7,10H,8-9,11H2,1H3,(H,21,23). The van der Waals surface area contributed by atoms with Crippen LogP contribution in [-0.2, 0) is 23.9 Å². The van der Waals surface area contributed by atoms with Gasteiger partial charge in [0.05, 0.1) is 5.56 Å². The van der Waals surface area contributed by atoms with Crippen LogP contribution in [0.4, 0.5) is 13.2 Å². The molecule has 24 heavy (non-hydrogen) atoms. The second-order valence-electron chi connectivity index (χ2n) is 5.41. The molecular formula is C17H17F3N2O2. The number of aromatic nitrogens is 1. The van der Waals surface area contributed by atoms with Crippen LogP contribution in [0.3, 0.4) is 0 Å². The van der Waals surface area contributed by atoms with Crippen LogP contribution in [0.1, 0.15) is 16.7 Å². The summed E-state index contributed by atoms with van der Waals surface area (Å²) in [5, 5.41) is 2.61. The molecule has 0 unspecified atom stereocenters. The van der Waals surface area contributed by atoms with Crippen molar-refractivity contribution in [2.24, 2.45) is 0 Å². The number of carbonyl (C=O) groups excluding carboxylic acids is 1. The van der Waals surface area contributed by atoms with E-state index in [0.29, 0.717) is 25.2 Å². The van der Waals surface area contributed by atoms with Crippen molar-refractivity contribution in [3.8, 4) is 0 Å². The average molecular weight is 338 g/mol. The van der Waals surface area contributed by atoms with Crippen molar-refractivity contribution in [1.29, 1.82) is 0 Å². The molecule has 1 heterocycles. The van der Waals surface area contributed by atoms with E-state index in [1.165, 1.54) is 0 Å². The molecule has 0 atom stereocenters. The Morgan fingerprint density at radius 1 is 1.17 bits per heavy atom. The minimum atomic E-state index is -4.56. The van der Waals surface area contributed by atoms with Gasteiger partial charge < -0.3 is 9.88 Å². The van der Waals surface area contributed by atoms with Crippen LogP contribution in [0.25, 0.3) is 0 Å². The molecular weight excluding hydrogens is 321 g/mol. The Hall–Kier alpha value is -2.57. The summed E-state index contributed by atoms with van der Waals surface area (Å²) in [4.78, 5) is 23.4. The summed E-state index contributed by atoms with van der Waals surface area (Å²) >= 11 is 0. The Kier molecular flexibility index (Phi) is 5.43. The zero-order chi connectivity index (χ0) is 17.7. The lowest BCUT2D eigenvalue weighted by Gasteiger charge is -2.11. The molecule has 2 rings (SSSR count). The zero-order valence-electron chi connectivity index (χ0n) is 13.1. The van der Waals surface area contributed by atoms with Gasteiger partial charge in [0.1, 0.15) is 6.54 Å². The monoisotopic (exact) mass is 338 g/mol. The number of hydrogen-bond acceptors (Lipinski definition) is 2. The van der Waals surface area contributed by atoms with Gasteiger partial charge >= 0.3 is 6.18 Å². The number of rotatable bonds is 5. The predicted octanol–water partition coefficient (Wildman–Crippen LogP) is 2.53. The minimum Gasteiger partial charge on any atom is -0.354 e. The van der Waals surface area contributed by atoms with Gasteiger partial charge in [0, 0.05) is 18.8 Å². The number of alkyl halides is 3. The normalized spacial score (nSPS) is 11.3. The van der Waals surface area contributed by atoms with E-state index in [-0.39, 0.29) is 0 Å². The number of nitrogens with zero attached hydrogens (tertiary/aromatic N) is 1. The highest BCUT2D eigenvalue weighted by atomic mass is 19.4. The average Bonchev–Trinajstić information content (AvgIpc) is 2.50. The van der Waals surface area contributed by atoms with Gasteiger partial charge in [0.15, 0.2) is 0 Å². The molecule has 0 spiro atoms. The molecule has 0 radical (unpaired) electrons. The van der Waals surface area contributed by atoms with Crippen molar-refractivity contribution in [3.05, 3.63) is 69.6 Å². The molecule has 7 heteroatoms. The molecule has 0 aliphatic rings. The summed E-state index contributed by atoms with van der Waals surface area (Å²) in [7, 11) is 0. The SMILES string of the molecule is Cc1ccccc1CCNC(=O)Cn1cc(C(F)(F)F)ccc1=O. The van der Waals surface area contributed by atoms with Gasteiger partial charge in [-0.05, 0) is 30.5 Å². The third-order valence-electron chi connectivity index (χ3n) is 3.60. The van der Waals surface area contributed by atoms with Crippen LogP contribution >= 0.6 is 0 Å². The van der Waals surface area contributed by atoms with Crippen molar-refractivity contribution in [1.82, 2.24) is 9.88 Å². The van der Waals surface area contributed by atoms with Crippen LogP contribution in [0.2, 0.25) is 0 Å². The number of halogens is 3. The highest BCUT2D eigenvalue weighted by Gasteiger charge is 2.31. The van der Waals surface area contributed by atoms with Gasteiger partial charge in [0.25, 0.3) is 5.56 Å². The first-order valence-electron chi connectivity index (χ1n) is 7.36. The Labute approximate surface area is 136 Å². The smallest absolute Gasteiger partial charge is 0.354 e. The Morgan fingerprint density at radius 3 is 2.54 bits per heavy atom. The predicted molar refractivity (Wildman–Crippen MR) is 83.6 cm³/mol. The van der Waals surface area contributed by atoms with E-state index in [4.69, 9.17) is 0 Å². The number of benzene rings is 1. The fourth-order valence-electron chi connectivity index (χ4n) is 2.26. The minimum absolute atomic E-state index is 0.345. The van der Waals surface area contributed by atoms with E-state index in [1.807, 2.05) is 31.2 Å². The highest BCUT2D eigenvalue weighted by molar-refractivity contribution is 5.75. The van der Waals surface area contributed by atoms with Crippen molar-refractivity contribution < 1.29 is 18.0 Å². The Morgan fingerprint density at radius 2 is 1.88 bits per heavy atom. The van der Waals surface area contributed by atoms with E-state index in [0.717, 1.165) is 21.8 Å². The number of pyridine rings is 1. The number of amides is 1. The van der Waals surface area contributed by atoms with Gasteiger partial charge in [-0.2, -0.15) is 13.2 Å². The molecule has 1 aromatic heterocycles. The lowest BCUT2D eigenvalue weighted by atomic mass is 10.1. The third kappa shape index (κ3) is 4.71.